The van der Waals surface area contributed by atoms with Crippen LogP contribution in [0.1, 0.15) is 12.5 Å². The number of ether oxygens (including phenoxy) is 1. The number of halogens is 4. The summed E-state index contributed by atoms with van der Waals surface area (Å²) >= 11 is 6.49. The second-order valence-corrected chi connectivity index (χ2v) is 8.56. The van der Waals surface area contributed by atoms with Crippen molar-refractivity contribution in [3.05, 3.63) is 63.4 Å². The predicted octanol–water partition coefficient (Wildman–Crippen LogP) is 4.36. The van der Waals surface area contributed by atoms with E-state index in [0.29, 0.717) is 11.6 Å². The number of hydrogen-bond acceptors (Lipinski definition) is 6. The zero-order chi connectivity index (χ0) is 24.3. The summed E-state index contributed by atoms with van der Waals surface area (Å²) < 4.78 is 45.7. The van der Waals surface area contributed by atoms with Crippen molar-refractivity contribution in [2.45, 2.75) is 30.1 Å². The minimum atomic E-state index is -4.73. The van der Waals surface area contributed by atoms with Crippen LogP contribution in [0.15, 0.2) is 52.4 Å². The Balaban J connectivity index is 1.93. The number of anilines is 1. The molecule has 0 saturated carbocycles. The van der Waals surface area contributed by atoms with Crippen LogP contribution in [0.2, 0.25) is 5.02 Å². The van der Waals surface area contributed by atoms with E-state index in [1.54, 1.807) is 24.3 Å². The standard InChI is InChI=1S/C21H17ClF3N3O4S/c1-11(18(30)26-16-8-7-12(22)9-14(16)21(23,24)25)33-20-27-15-6-4-3-5-13(15)19(31)28(20)10-17(29)32-2/h3-9,11H,10H2,1-2H3,(H,26,30). The number of rotatable bonds is 6. The van der Waals surface area contributed by atoms with Crippen molar-refractivity contribution < 1.29 is 27.5 Å². The summed E-state index contributed by atoms with van der Waals surface area (Å²) in [4.78, 5) is 41.8. The summed E-state index contributed by atoms with van der Waals surface area (Å²) in [5.41, 5.74) is -1.72. The fourth-order valence-corrected chi connectivity index (χ4v) is 3.96. The van der Waals surface area contributed by atoms with E-state index >= 15 is 0 Å². The van der Waals surface area contributed by atoms with Crippen molar-refractivity contribution >= 4 is 51.8 Å². The van der Waals surface area contributed by atoms with Gasteiger partial charge in [0.05, 0.1) is 34.5 Å². The molecule has 1 unspecified atom stereocenters. The maximum atomic E-state index is 13.3. The van der Waals surface area contributed by atoms with Gasteiger partial charge < -0.3 is 10.1 Å². The third kappa shape index (κ3) is 5.66. The van der Waals surface area contributed by atoms with E-state index in [2.05, 4.69) is 15.0 Å². The number of carbonyl (C=O) groups excluding carboxylic acids is 2. The van der Waals surface area contributed by atoms with Crippen LogP contribution in [0.5, 0.6) is 0 Å². The number of fused-ring (bicyclic) bond motifs is 1. The molecule has 0 aliphatic heterocycles. The first kappa shape index (κ1) is 24.6. The van der Waals surface area contributed by atoms with Crippen LogP contribution in [0, 0.1) is 0 Å². The smallest absolute Gasteiger partial charge is 0.418 e. The fraction of sp³-hybridized carbons (Fsp3) is 0.238. The quantitative estimate of drug-likeness (QED) is 0.308. The van der Waals surface area contributed by atoms with Gasteiger partial charge in [-0.05, 0) is 37.3 Å². The Hall–Kier alpha value is -3.05. The third-order valence-electron chi connectivity index (χ3n) is 4.54. The van der Waals surface area contributed by atoms with Gasteiger partial charge >= 0.3 is 12.1 Å². The number of methoxy groups -OCH3 is 1. The second kappa shape index (κ2) is 9.84. The molecule has 0 fully saturated rings. The molecule has 0 radical (unpaired) electrons. The van der Waals surface area contributed by atoms with Gasteiger partial charge in [0.2, 0.25) is 5.91 Å². The topological polar surface area (TPSA) is 90.3 Å². The highest BCUT2D eigenvalue weighted by Crippen LogP contribution is 2.37. The van der Waals surface area contributed by atoms with E-state index in [0.717, 1.165) is 29.5 Å². The molecule has 0 aliphatic rings. The molecule has 2 aromatic carbocycles. The number of benzene rings is 2. The first-order valence-corrected chi connectivity index (χ1v) is 10.7. The number of nitrogens with one attached hydrogen (secondary N) is 1. The molecule has 7 nitrogen and oxygen atoms in total. The lowest BCUT2D eigenvalue weighted by atomic mass is 10.1. The summed E-state index contributed by atoms with van der Waals surface area (Å²) in [5.74, 6) is -1.47. The Labute approximate surface area is 194 Å². The Kier molecular flexibility index (Phi) is 7.33. The van der Waals surface area contributed by atoms with Crippen molar-refractivity contribution in [1.82, 2.24) is 9.55 Å². The molecule has 1 atom stereocenters. The first-order chi connectivity index (χ1) is 15.5. The van der Waals surface area contributed by atoms with Gasteiger partial charge in [-0.25, -0.2) is 4.98 Å². The van der Waals surface area contributed by atoms with Crippen LogP contribution in [-0.4, -0.2) is 33.8 Å². The van der Waals surface area contributed by atoms with E-state index in [-0.39, 0.29) is 15.6 Å². The predicted molar refractivity (Wildman–Crippen MR) is 118 cm³/mol. The van der Waals surface area contributed by atoms with Gasteiger partial charge in [0, 0.05) is 5.02 Å². The van der Waals surface area contributed by atoms with Gasteiger partial charge in [-0.1, -0.05) is 35.5 Å². The van der Waals surface area contributed by atoms with Crippen molar-refractivity contribution in [2.75, 3.05) is 12.4 Å². The highest BCUT2D eigenvalue weighted by atomic mass is 35.5. The fourth-order valence-electron chi connectivity index (χ4n) is 2.88. The zero-order valence-electron chi connectivity index (χ0n) is 17.3. The SMILES string of the molecule is COC(=O)Cn1c(SC(C)C(=O)Nc2ccc(Cl)cc2C(F)(F)F)nc2ccccc2c1=O. The average Bonchev–Trinajstić information content (AvgIpc) is 2.76. The molecule has 1 amide bonds. The van der Waals surface area contributed by atoms with Crippen LogP contribution in [-0.2, 0) is 27.0 Å². The maximum Gasteiger partial charge on any atom is 0.418 e. The highest BCUT2D eigenvalue weighted by molar-refractivity contribution is 8.00. The summed E-state index contributed by atoms with van der Waals surface area (Å²) in [6.07, 6.45) is -4.73. The van der Waals surface area contributed by atoms with Crippen LogP contribution in [0.4, 0.5) is 18.9 Å². The van der Waals surface area contributed by atoms with E-state index < -0.39 is 46.7 Å². The zero-order valence-corrected chi connectivity index (χ0v) is 18.8. The molecule has 12 heteroatoms. The summed E-state index contributed by atoms with van der Waals surface area (Å²) in [6.45, 7) is 0.992. The van der Waals surface area contributed by atoms with Gasteiger partial charge in [-0.3, -0.25) is 19.0 Å². The summed E-state index contributed by atoms with van der Waals surface area (Å²) in [6, 6.07) is 9.45. The number of amides is 1. The lowest BCUT2D eigenvalue weighted by Crippen LogP contribution is -2.29. The number of thioether (sulfide) groups is 1. The van der Waals surface area contributed by atoms with Crippen LogP contribution >= 0.6 is 23.4 Å². The van der Waals surface area contributed by atoms with Gasteiger partial charge in [-0.2, -0.15) is 13.2 Å². The molecule has 0 aliphatic carbocycles. The number of hydrogen-bond donors (Lipinski definition) is 1. The second-order valence-electron chi connectivity index (χ2n) is 6.82. The Morgan fingerprint density at radius 2 is 1.94 bits per heavy atom. The van der Waals surface area contributed by atoms with Crippen LogP contribution < -0.4 is 10.9 Å². The molecule has 3 rings (SSSR count). The largest absolute Gasteiger partial charge is 0.468 e. The van der Waals surface area contributed by atoms with Crippen molar-refractivity contribution in [1.29, 1.82) is 0 Å². The summed E-state index contributed by atoms with van der Waals surface area (Å²) in [5, 5.41) is 1.44. The monoisotopic (exact) mass is 499 g/mol. The van der Waals surface area contributed by atoms with Gasteiger partial charge in [0.25, 0.3) is 5.56 Å². The van der Waals surface area contributed by atoms with Crippen LogP contribution in [0.3, 0.4) is 0 Å². The maximum absolute atomic E-state index is 13.3. The molecule has 1 aromatic heterocycles. The number of nitrogens with zero attached hydrogens (tertiary/aromatic N) is 2. The normalized spacial score (nSPS) is 12.4. The number of aromatic nitrogens is 2. The number of carbonyl (C=O) groups is 2. The van der Waals surface area contributed by atoms with Crippen molar-refractivity contribution in [3.63, 3.8) is 0 Å². The van der Waals surface area contributed by atoms with E-state index in [4.69, 9.17) is 11.6 Å². The highest BCUT2D eigenvalue weighted by Gasteiger charge is 2.34. The van der Waals surface area contributed by atoms with E-state index in [9.17, 15) is 27.6 Å². The van der Waals surface area contributed by atoms with Gasteiger partial charge in [0.1, 0.15) is 6.54 Å². The third-order valence-corrected chi connectivity index (χ3v) is 5.86. The van der Waals surface area contributed by atoms with Gasteiger partial charge in [-0.15, -0.1) is 0 Å². The number of alkyl halides is 3. The lowest BCUT2D eigenvalue weighted by Gasteiger charge is -2.18. The van der Waals surface area contributed by atoms with Gasteiger partial charge in [0.15, 0.2) is 5.16 Å². The average molecular weight is 500 g/mol. The number of esters is 1. The molecular formula is C21H17ClF3N3O4S. The molecule has 1 N–H and O–H groups in total. The summed E-state index contributed by atoms with van der Waals surface area (Å²) in [7, 11) is 1.16. The molecule has 0 saturated heterocycles. The lowest BCUT2D eigenvalue weighted by molar-refractivity contribution is -0.141. The Bertz CT molecular complexity index is 1280. The van der Waals surface area contributed by atoms with Crippen LogP contribution in [0.25, 0.3) is 10.9 Å². The molecule has 3 aromatic rings. The number of para-hydroxylation sites is 1. The minimum absolute atomic E-state index is 0.0406. The van der Waals surface area contributed by atoms with E-state index in [1.165, 1.54) is 13.0 Å². The molecule has 0 bridgehead atoms. The molecular weight excluding hydrogens is 483 g/mol. The molecule has 1 heterocycles. The Morgan fingerprint density at radius 3 is 2.61 bits per heavy atom. The molecule has 0 spiro atoms. The Morgan fingerprint density at radius 1 is 1.24 bits per heavy atom. The first-order valence-electron chi connectivity index (χ1n) is 9.42. The van der Waals surface area contributed by atoms with Crippen molar-refractivity contribution in [3.8, 4) is 0 Å². The minimum Gasteiger partial charge on any atom is -0.468 e. The van der Waals surface area contributed by atoms with E-state index in [1.807, 2.05) is 0 Å². The van der Waals surface area contributed by atoms with Crippen molar-refractivity contribution in [2.24, 2.45) is 0 Å². The molecule has 33 heavy (non-hydrogen) atoms. The molecule has 174 valence electrons.